The molecular formula is C15H23BrClN. The first kappa shape index (κ1) is 16.0. The van der Waals surface area contributed by atoms with Crippen LogP contribution in [0.15, 0.2) is 22.7 Å². The lowest BCUT2D eigenvalue weighted by Crippen LogP contribution is -2.29. The summed E-state index contributed by atoms with van der Waals surface area (Å²) in [5.41, 5.74) is 1.23. The molecule has 0 spiro atoms. The fourth-order valence-corrected chi connectivity index (χ4v) is 2.72. The van der Waals surface area contributed by atoms with Crippen molar-refractivity contribution in [1.82, 2.24) is 5.32 Å². The van der Waals surface area contributed by atoms with Crippen LogP contribution in [0.25, 0.3) is 0 Å². The number of nitrogens with one attached hydrogen (secondary N) is 1. The third-order valence-electron chi connectivity index (χ3n) is 3.41. The molecule has 0 heterocycles. The van der Waals surface area contributed by atoms with Gasteiger partial charge in [0.25, 0.3) is 0 Å². The molecule has 0 saturated heterocycles. The van der Waals surface area contributed by atoms with Crippen molar-refractivity contribution in [3.63, 3.8) is 0 Å². The molecule has 0 unspecified atom stereocenters. The van der Waals surface area contributed by atoms with Gasteiger partial charge in [-0.05, 0) is 57.9 Å². The standard InChI is InChI=1S/C15H23BrClN/c1-10(2)13(11(3)4)9-18-8-12-5-6-14(16)15(17)7-12/h5-7,10-11,13,18H,8-9H2,1-4H3. The Morgan fingerprint density at radius 1 is 1.17 bits per heavy atom. The second-order valence-corrected chi connectivity index (χ2v) is 6.79. The summed E-state index contributed by atoms with van der Waals surface area (Å²) in [6, 6.07) is 6.11. The molecule has 0 radical (unpaired) electrons. The fourth-order valence-electron chi connectivity index (χ4n) is 2.27. The predicted octanol–water partition coefficient (Wildman–Crippen LogP) is 5.12. The van der Waals surface area contributed by atoms with E-state index in [1.165, 1.54) is 5.56 Å². The summed E-state index contributed by atoms with van der Waals surface area (Å²) in [5.74, 6) is 2.15. The van der Waals surface area contributed by atoms with E-state index in [1.54, 1.807) is 0 Å². The fraction of sp³-hybridized carbons (Fsp3) is 0.600. The van der Waals surface area contributed by atoms with E-state index in [4.69, 9.17) is 11.6 Å². The van der Waals surface area contributed by atoms with Gasteiger partial charge in [-0.25, -0.2) is 0 Å². The van der Waals surface area contributed by atoms with Gasteiger partial charge in [0.05, 0.1) is 5.02 Å². The molecule has 0 aliphatic carbocycles. The first-order chi connectivity index (χ1) is 8.41. The Balaban J connectivity index is 2.47. The molecule has 102 valence electrons. The van der Waals surface area contributed by atoms with Gasteiger partial charge in [0, 0.05) is 11.0 Å². The van der Waals surface area contributed by atoms with Gasteiger partial charge in [-0.1, -0.05) is 45.4 Å². The number of hydrogen-bond acceptors (Lipinski definition) is 1. The van der Waals surface area contributed by atoms with Gasteiger partial charge in [-0.2, -0.15) is 0 Å². The van der Waals surface area contributed by atoms with Gasteiger partial charge in [0.1, 0.15) is 0 Å². The Hall–Kier alpha value is -0.0500. The van der Waals surface area contributed by atoms with E-state index in [2.05, 4.69) is 55.0 Å². The van der Waals surface area contributed by atoms with E-state index in [1.807, 2.05) is 12.1 Å². The van der Waals surface area contributed by atoms with Crippen molar-refractivity contribution in [2.24, 2.45) is 17.8 Å². The van der Waals surface area contributed by atoms with Gasteiger partial charge in [-0.15, -0.1) is 0 Å². The monoisotopic (exact) mass is 331 g/mol. The molecule has 0 bridgehead atoms. The smallest absolute Gasteiger partial charge is 0.0551 e. The molecule has 1 nitrogen and oxygen atoms in total. The predicted molar refractivity (Wildman–Crippen MR) is 84.0 cm³/mol. The SMILES string of the molecule is CC(C)C(CNCc1ccc(Br)c(Cl)c1)C(C)C. The van der Waals surface area contributed by atoms with E-state index in [0.717, 1.165) is 28.5 Å². The zero-order valence-corrected chi connectivity index (χ0v) is 14.0. The van der Waals surface area contributed by atoms with Crippen molar-refractivity contribution in [3.8, 4) is 0 Å². The minimum atomic E-state index is 0.714. The van der Waals surface area contributed by atoms with Crippen molar-refractivity contribution >= 4 is 27.5 Å². The Morgan fingerprint density at radius 2 is 1.78 bits per heavy atom. The lowest BCUT2D eigenvalue weighted by atomic mass is 9.85. The molecule has 0 aromatic heterocycles. The molecule has 0 aliphatic rings. The van der Waals surface area contributed by atoms with Crippen molar-refractivity contribution in [2.75, 3.05) is 6.54 Å². The Morgan fingerprint density at radius 3 is 2.28 bits per heavy atom. The van der Waals surface area contributed by atoms with Crippen LogP contribution in [0.2, 0.25) is 5.02 Å². The summed E-state index contributed by atoms with van der Waals surface area (Å²) < 4.78 is 0.954. The third kappa shape index (κ3) is 4.91. The van der Waals surface area contributed by atoms with Crippen LogP contribution in [-0.4, -0.2) is 6.54 Å². The van der Waals surface area contributed by atoms with Crippen LogP contribution in [0.5, 0.6) is 0 Å². The Bertz CT molecular complexity index is 369. The van der Waals surface area contributed by atoms with E-state index in [-0.39, 0.29) is 0 Å². The van der Waals surface area contributed by atoms with Crippen LogP contribution in [-0.2, 0) is 6.54 Å². The lowest BCUT2D eigenvalue weighted by Gasteiger charge is -2.25. The van der Waals surface area contributed by atoms with Crippen molar-refractivity contribution in [1.29, 1.82) is 0 Å². The average Bonchev–Trinajstić information content (AvgIpc) is 2.28. The zero-order valence-electron chi connectivity index (χ0n) is 11.6. The van der Waals surface area contributed by atoms with Crippen LogP contribution in [0, 0.1) is 17.8 Å². The van der Waals surface area contributed by atoms with E-state index in [9.17, 15) is 0 Å². The third-order valence-corrected chi connectivity index (χ3v) is 4.64. The first-order valence-corrected chi connectivity index (χ1v) is 7.73. The molecule has 1 aromatic rings. The van der Waals surface area contributed by atoms with Crippen LogP contribution >= 0.6 is 27.5 Å². The number of halogens is 2. The van der Waals surface area contributed by atoms with Crippen molar-refractivity contribution in [3.05, 3.63) is 33.3 Å². The van der Waals surface area contributed by atoms with Gasteiger partial charge in [-0.3, -0.25) is 0 Å². The largest absolute Gasteiger partial charge is 0.312 e. The maximum Gasteiger partial charge on any atom is 0.0551 e. The van der Waals surface area contributed by atoms with Gasteiger partial charge in [0.15, 0.2) is 0 Å². The highest BCUT2D eigenvalue weighted by Gasteiger charge is 2.16. The summed E-state index contributed by atoms with van der Waals surface area (Å²) in [6.45, 7) is 11.1. The molecule has 1 aromatic carbocycles. The van der Waals surface area contributed by atoms with E-state index in [0.29, 0.717) is 11.8 Å². The summed E-state index contributed by atoms with van der Waals surface area (Å²) in [5, 5.41) is 4.31. The zero-order chi connectivity index (χ0) is 13.7. The van der Waals surface area contributed by atoms with Crippen LogP contribution in [0.4, 0.5) is 0 Å². The van der Waals surface area contributed by atoms with Crippen molar-refractivity contribution in [2.45, 2.75) is 34.2 Å². The molecule has 0 aliphatic heterocycles. The molecule has 1 rings (SSSR count). The molecule has 18 heavy (non-hydrogen) atoms. The highest BCUT2D eigenvalue weighted by molar-refractivity contribution is 9.10. The highest BCUT2D eigenvalue weighted by Crippen LogP contribution is 2.23. The topological polar surface area (TPSA) is 12.0 Å². The molecule has 0 amide bonds. The normalized spacial score (nSPS) is 11.8. The van der Waals surface area contributed by atoms with E-state index < -0.39 is 0 Å². The van der Waals surface area contributed by atoms with Gasteiger partial charge >= 0.3 is 0 Å². The molecule has 0 atom stereocenters. The van der Waals surface area contributed by atoms with Crippen molar-refractivity contribution < 1.29 is 0 Å². The Labute approximate surface area is 124 Å². The maximum absolute atomic E-state index is 6.08. The number of hydrogen-bond donors (Lipinski definition) is 1. The molecule has 0 saturated carbocycles. The van der Waals surface area contributed by atoms with E-state index >= 15 is 0 Å². The van der Waals surface area contributed by atoms with Gasteiger partial charge in [0.2, 0.25) is 0 Å². The summed E-state index contributed by atoms with van der Waals surface area (Å²) in [7, 11) is 0. The van der Waals surface area contributed by atoms with Crippen LogP contribution < -0.4 is 5.32 Å². The molecule has 0 fully saturated rings. The molecule has 1 N–H and O–H groups in total. The molecular weight excluding hydrogens is 310 g/mol. The number of rotatable bonds is 6. The summed E-state index contributed by atoms with van der Waals surface area (Å²) in [6.07, 6.45) is 0. The average molecular weight is 333 g/mol. The van der Waals surface area contributed by atoms with Crippen LogP contribution in [0.1, 0.15) is 33.3 Å². The second kappa shape index (κ2) is 7.52. The minimum absolute atomic E-state index is 0.714. The molecule has 3 heteroatoms. The Kier molecular flexibility index (Phi) is 6.68. The van der Waals surface area contributed by atoms with Gasteiger partial charge < -0.3 is 5.32 Å². The number of benzene rings is 1. The minimum Gasteiger partial charge on any atom is -0.312 e. The second-order valence-electron chi connectivity index (χ2n) is 5.53. The first-order valence-electron chi connectivity index (χ1n) is 6.56. The summed E-state index contributed by atoms with van der Waals surface area (Å²) >= 11 is 9.49. The van der Waals surface area contributed by atoms with Crippen LogP contribution in [0.3, 0.4) is 0 Å². The lowest BCUT2D eigenvalue weighted by molar-refractivity contribution is 0.275. The maximum atomic E-state index is 6.08. The quantitative estimate of drug-likeness (QED) is 0.762. The highest BCUT2D eigenvalue weighted by atomic mass is 79.9. The summed E-state index contributed by atoms with van der Waals surface area (Å²) in [4.78, 5) is 0.